The largest absolute Gasteiger partial charge is 0.492 e. The van der Waals surface area contributed by atoms with Crippen molar-refractivity contribution in [2.45, 2.75) is 36.0 Å². The normalized spacial score (nSPS) is 16.0. The molecule has 0 aliphatic carbocycles. The summed E-state index contributed by atoms with van der Waals surface area (Å²) in [6.07, 6.45) is 2.55. The Balaban J connectivity index is 1.99. The molecule has 1 aromatic carbocycles. The number of hydrogen-bond donors (Lipinski definition) is 1. The van der Waals surface area contributed by atoms with E-state index in [0.29, 0.717) is 13.1 Å². The van der Waals surface area contributed by atoms with Crippen molar-refractivity contribution in [1.29, 1.82) is 0 Å². The quantitative estimate of drug-likeness (QED) is 0.609. The number of piperidine rings is 1. The zero-order chi connectivity index (χ0) is 21.2. The third-order valence-electron chi connectivity index (χ3n) is 4.34. The number of sulfonamides is 2. The highest BCUT2D eigenvalue weighted by molar-refractivity contribution is 7.93. The Kier molecular flexibility index (Phi) is 7.02. The van der Waals surface area contributed by atoms with E-state index >= 15 is 0 Å². The van der Waals surface area contributed by atoms with Crippen LogP contribution in [0.2, 0.25) is 8.67 Å². The minimum Gasteiger partial charge on any atom is -0.492 e. The minimum atomic E-state index is -4.04. The summed E-state index contributed by atoms with van der Waals surface area (Å²) in [6.45, 7) is 2.87. The molecular formula is C17H20Cl2N2O5S3. The van der Waals surface area contributed by atoms with Crippen molar-refractivity contribution in [2.75, 3.05) is 24.4 Å². The van der Waals surface area contributed by atoms with Gasteiger partial charge in [-0.3, -0.25) is 4.72 Å². The van der Waals surface area contributed by atoms with Gasteiger partial charge in [0.05, 0.1) is 16.6 Å². The number of nitrogens with one attached hydrogen (secondary N) is 1. The van der Waals surface area contributed by atoms with Crippen molar-refractivity contribution in [3.8, 4) is 5.75 Å². The second-order valence-corrected chi connectivity index (χ2v) is 12.2. The fourth-order valence-electron chi connectivity index (χ4n) is 3.01. The summed E-state index contributed by atoms with van der Waals surface area (Å²) in [5.41, 5.74) is 0.0856. The van der Waals surface area contributed by atoms with E-state index in [-0.39, 0.29) is 36.5 Å². The second kappa shape index (κ2) is 8.99. The molecule has 1 aliphatic heterocycles. The average Bonchev–Trinajstić information content (AvgIpc) is 3.03. The van der Waals surface area contributed by atoms with Crippen LogP contribution in [-0.2, 0) is 20.0 Å². The number of nitrogens with zero attached hydrogens (tertiary/aromatic N) is 1. The molecule has 0 saturated carbocycles. The highest BCUT2D eigenvalue weighted by Gasteiger charge is 2.30. The van der Waals surface area contributed by atoms with Crippen LogP contribution in [-0.4, -0.2) is 40.8 Å². The van der Waals surface area contributed by atoms with Crippen LogP contribution >= 0.6 is 34.5 Å². The van der Waals surface area contributed by atoms with E-state index in [1.54, 1.807) is 6.92 Å². The van der Waals surface area contributed by atoms with Crippen molar-refractivity contribution >= 4 is 60.3 Å². The highest BCUT2D eigenvalue weighted by atomic mass is 35.5. The van der Waals surface area contributed by atoms with E-state index in [1.807, 2.05) is 0 Å². The SMILES string of the molecule is CCOc1ccc(NS(=O)(=O)c2cc(Cl)sc2Cl)cc1S(=O)(=O)N1CCCCC1. The van der Waals surface area contributed by atoms with Crippen molar-refractivity contribution in [3.05, 3.63) is 32.9 Å². The molecule has 1 saturated heterocycles. The summed E-state index contributed by atoms with van der Waals surface area (Å²) in [7, 11) is -7.87. The van der Waals surface area contributed by atoms with Crippen LogP contribution in [0.4, 0.5) is 5.69 Å². The standard InChI is InChI=1S/C17H20Cl2N2O5S3/c1-2-26-13-7-6-12(20-28(22,23)15-11-16(18)27-17(15)19)10-14(13)29(24,25)21-8-4-3-5-9-21/h6-7,10-11,20H,2-5,8-9H2,1H3. The number of anilines is 1. The first-order chi connectivity index (χ1) is 13.6. The molecule has 0 bridgehead atoms. The molecule has 7 nitrogen and oxygen atoms in total. The zero-order valence-electron chi connectivity index (χ0n) is 15.5. The smallest absolute Gasteiger partial charge is 0.264 e. The van der Waals surface area contributed by atoms with Crippen LogP contribution in [0, 0.1) is 0 Å². The van der Waals surface area contributed by atoms with Crippen LogP contribution in [0.15, 0.2) is 34.1 Å². The van der Waals surface area contributed by atoms with Crippen LogP contribution < -0.4 is 9.46 Å². The van der Waals surface area contributed by atoms with Gasteiger partial charge in [-0.25, -0.2) is 16.8 Å². The summed E-state index contributed by atoms with van der Waals surface area (Å²) in [6, 6.07) is 5.41. The number of thiophene rings is 1. The molecular weight excluding hydrogens is 479 g/mol. The number of hydrogen-bond acceptors (Lipinski definition) is 6. The van der Waals surface area contributed by atoms with Crippen LogP contribution in [0.1, 0.15) is 26.2 Å². The molecule has 1 aliphatic rings. The maximum Gasteiger partial charge on any atom is 0.264 e. The van der Waals surface area contributed by atoms with Gasteiger partial charge in [0.1, 0.15) is 19.9 Å². The number of benzene rings is 1. The van der Waals surface area contributed by atoms with E-state index < -0.39 is 20.0 Å². The Bertz CT molecular complexity index is 1090. The van der Waals surface area contributed by atoms with Crippen molar-refractivity contribution in [3.63, 3.8) is 0 Å². The van der Waals surface area contributed by atoms with E-state index in [4.69, 9.17) is 27.9 Å². The molecule has 0 amide bonds. The number of halogens is 2. The van der Waals surface area contributed by atoms with Gasteiger partial charge in [-0.1, -0.05) is 29.6 Å². The average molecular weight is 499 g/mol. The van der Waals surface area contributed by atoms with Gasteiger partial charge in [0.15, 0.2) is 0 Å². The summed E-state index contributed by atoms with van der Waals surface area (Å²) in [4.78, 5) is -0.237. The lowest BCUT2D eigenvalue weighted by Crippen LogP contribution is -2.35. The van der Waals surface area contributed by atoms with Crippen molar-refractivity contribution < 1.29 is 21.6 Å². The minimum absolute atomic E-state index is 0.0228. The Hall–Kier alpha value is -1.04. The monoisotopic (exact) mass is 498 g/mol. The molecule has 12 heteroatoms. The fourth-order valence-corrected chi connectivity index (χ4v) is 7.89. The van der Waals surface area contributed by atoms with Gasteiger partial charge in [-0.15, -0.1) is 11.3 Å². The maximum atomic E-state index is 13.2. The zero-order valence-corrected chi connectivity index (χ0v) is 19.5. The van der Waals surface area contributed by atoms with Crippen LogP contribution in [0.3, 0.4) is 0 Å². The molecule has 0 unspecified atom stereocenters. The molecule has 0 radical (unpaired) electrons. The van der Waals surface area contributed by atoms with Crippen LogP contribution in [0.5, 0.6) is 5.75 Å². The number of ether oxygens (including phenoxy) is 1. The summed E-state index contributed by atoms with van der Waals surface area (Å²) >= 11 is 12.7. The summed E-state index contributed by atoms with van der Waals surface area (Å²) in [5, 5.41) is 0. The predicted molar refractivity (Wildman–Crippen MR) is 115 cm³/mol. The summed E-state index contributed by atoms with van der Waals surface area (Å²) < 4.78 is 61.2. The van der Waals surface area contributed by atoms with Gasteiger partial charge in [0, 0.05) is 13.1 Å². The lowest BCUT2D eigenvalue weighted by Gasteiger charge is -2.27. The van der Waals surface area contributed by atoms with Gasteiger partial charge < -0.3 is 4.74 Å². The Morgan fingerprint density at radius 2 is 1.76 bits per heavy atom. The topological polar surface area (TPSA) is 92.8 Å². The molecule has 2 heterocycles. The highest BCUT2D eigenvalue weighted by Crippen LogP contribution is 2.36. The molecule has 1 N–H and O–H groups in total. The third-order valence-corrected chi connectivity index (χ3v) is 9.40. The second-order valence-electron chi connectivity index (χ2n) is 6.35. The molecule has 0 atom stereocenters. The van der Waals surface area contributed by atoms with Gasteiger partial charge in [-0.2, -0.15) is 4.31 Å². The van der Waals surface area contributed by atoms with Gasteiger partial charge in [0.25, 0.3) is 10.0 Å². The Morgan fingerprint density at radius 1 is 1.07 bits per heavy atom. The molecule has 3 rings (SSSR count). The van der Waals surface area contributed by atoms with Crippen LogP contribution in [0.25, 0.3) is 0 Å². The van der Waals surface area contributed by atoms with E-state index in [0.717, 1.165) is 30.6 Å². The van der Waals surface area contributed by atoms with E-state index in [9.17, 15) is 16.8 Å². The Labute approximate surface area is 184 Å². The van der Waals surface area contributed by atoms with Gasteiger partial charge in [0.2, 0.25) is 10.0 Å². The molecule has 29 heavy (non-hydrogen) atoms. The molecule has 1 aromatic heterocycles. The van der Waals surface area contributed by atoms with Crippen molar-refractivity contribution in [1.82, 2.24) is 4.31 Å². The first-order valence-electron chi connectivity index (χ1n) is 8.90. The molecule has 0 spiro atoms. The van der Waals surface area contributed by atoms with Gasteiger partial charge in [-0.05, 0) is 44.0 Å². The predicted octanol–water partition coefficient (Wildman–Crippen LogP) is 4.43. The lowest BCUT2D eigenvalue weighted by atomic mass is 10.2. The molecule has 160 valence electrons. The molecule has 1 fully saturated rings. The first-order valence-corrected chi connectivity index (χ1v) is 13.4. The van der Waals surface area contributed by atoms with Gasteiger partial charge >= 0.3 is 0 Å². The lowest BCUT2D eigenvalue weighted by molar-refractivity contribution is 0.323. The molecule has 2 aromatic rings. The summed E-state index contributed by atoms with van der Waals surface area (Å²) in [5.74, 6) is 0.178. The fraction of sp³-hybridized carbons (Fsp3) is 0.412. The first kappa shape index (κ1) is 22.6. The van der Waals surface area contributed by atoms with Crippen molar-refractivity contribution in [2.24, 2.45) is 0 Å². The number of rotatable bonds is 7. The van der Waals surface area contributed by atoms with E-state index in [2.05, 4.69) is 4.72 Å². The third kappa shape index (κ3) is 5.00. The van der Waals surface area contributed by atoms with E-state index in [1.165, 1.54) is 28.6 Å². The maximum absolute atomic E-state index is 13.2. The Morgan fingerprint density at radius 3 is 2.34 bits per heavy atom.